The lowest BCUT2D eigenvalue weighted by atomic mass is 10.1. The SMILES string of the molecule is CCCn1c(C(=O)NCCc2ccccn2)cc2cc(NC(=O)Cc3ccc(F)cc3)ccc21. The van der Waals surface area contributed by atoms with E-state index in [1.54, 1.807) is 18.3 Å². The molecular weight excluding hydrogens is 431 g/mol. The zero-order chi connectivity index (χ0) is 23.9. The van der Waals surface area contributed by atoms with Gasteiger partial charge >= 0.3 is 0 Å². The van der Waals surface area contributed by atoms with E-state index in [4.69, 9.17) is 0 Å². The first-order chi connectivity index (χ1) is 16.5. The average molecular weight is 459 g/mol. The first-order valence-corrected chi connectivity index (χ1v) is 11.4. The lowest BCUT2D eigenvalue weighted by Gasteiger charge is -2.10. The average Bonchev–Trinajstić information content (AvgIpc) is 3.19. The summed E-state index contributed by atoms with van der Waals surface area (Å²) < 4.78 is 15.1. The summed E-state index contributed by atoms with van der Waals surface area (Å²) in [6.45, 7) is 3.27. The fourth-order valence-corrected chi connectivity index (χ4v) is 3.93. The number of halogens is 1. The molecule has 2 amide bonds. The number of nitrogens with zero attached hydrogens (tertiary/aromatic N) is 2. The molecule has 4 aromatic rings. The number of benzene rings is 2. The maximum Gasteiger partial charge on any atom is 0.267 e. The van der Waals surface area contributed by atoms with Crippen molar-refractivity contribution in [2.24, 2.45) is 0 Å². The lowest BCUT2D eigenvalue weighted by Crippen LogP contribution is -2.28. The monoisotopic (exact) mass is 458 g/mol. The molecule has 174 valence electrons. The van der Waals surface area contributed by atoms with E-state index in [-0.39, 0.29) is 24.1 Å². The minimum absolute atomic E-state index is 0.137. The van der Waals surface area contributed by atoms with Crippen LogP contribution in [0.4, 0.5) is 10.1 Å². The largest absolute Gasteiger partial charge is 0.350 e. The third kappa shape index (κ3) is 5.67. The highest BCUT2D eigenvalue weighted by molar-refractivity contribution is 6.00. The molecule has 0 aliphatic carbocycles. The Morgan fingerprint density at radius 1 is 1.03 bits per heavy atom. The Kier molecular flexibility index (Phi) is 7.32. The number of rotatable bonds is 9. The van der Waals surface area contributed by atoms with E-state index < -0.39 is 0 Å². The van der Waals surface area contributed by atoms with Crippen molar-refractivity contribution in [3.8, 4) is 0 Å². The van der Waals surface area contributed by atoms with Gasteiger partial charge in [0.2, 0.25) is 5.91 Å². The van der Waals surface area contributed by atoms with Gasteiger partial charge in [-0.1, -0.05) is 25.1 Å². The number of pyridine rings is 1. The third-order valence-corrected chi connectivity index (χ3v) is 5.54. The Balaban J connectivity index is 1.47. The van der Waals surface area contributed by atoms with Gasteiger partial charge in [0.05, 0.1) is 6.42 Å². The molecule has 0 unspecified atom stereocenters. The molecule has 0 saturated carbocycles. The van der Waals surface area contributed by atoms with Crippen LogP contribution in [0.15, 0.2) is 72.9 Å². The predicted octanol–water partition coefficient (Wildman–Crippen LogP) is 4.74. The van der Waals surface area contributed by atoms with Crippen molar-refractivity contribution < 1.29 is 14.0 Å². The smallest absolute Gasteiger partial charge is 0.267 e. The van der Waals surface area contributed by atoms with E-state index in [1.165, 1.54) is 12.1 Å². The van der Waals surface area contributed by atoms with Crippen LogP contribution in [0.3, 0.4) is 0 Å². The van der Waals surface area contributed by atoms with E-state index in [9.17, 15) is 14.0 Å². The van der Waals surface area contributed by atoms with Gasteiger partial charge in [-0.25, -0.2) is 4.39 Å². The number of hydrogen-bond donors (Lipinski definition) is 2. The van der Waals surface area contributed by atoms with Gasteiger partial charge in [-0.15, -0.1) is 0 Å². The van der Waals surface area contributed by atoms with Crippen molar-refractivity contribution in [1.82, 2.24) is 14.9 Å². The van der Waals surface area contributed by atoms with Gasteiger partial charge in [0, 0.05) is 48.0 Å². The Labute approximate surface area is 197 Å². The van der Waals surface area contributed by atoms with E-state index in [0.29, 0.717) is 30.9 Å². The van der Waals surface area contributed by atoms with Crippen molar-refractivity contribution in [1.29, 1.82) is 0 Å². The van der Waals surface area contributed by atoms with E-state index in [0.717, 1.165) is 28.6 Å². The molecule has 2 N–H and O–H groups in total. The number of anilines is 1. The van der Waals surface area contributed by atoms with Crippen molar-refractivity contribution in [3.05, 3.63) is 95.7 Å². The fourth-order valence-electron chi connectivity index (χ4n) is 3.93. The van der Waals surface area contributed by atoms with Gasteiger partial charge in [0.1, 0.15) is 11.5 Å². The van der Waals surface area contributed by atoms with E-state index in [1.807, 2.05) is 47.0 Å². The molecule has 0 saturated heterocycles. The summed E-state index contributed by atoms with van der Waals surface area (Å²) >= 11 is 0. The molecule has 0 atom stereocenters. The van der Waals surface area contributed by atoms with Gasteiger partial charge in [0.15, 0.2) is 0 Å². The lowest BCUT2D eigenvalue weighted by molar-refractivity contribution is -0.115. The first kappa shape index (κ1) is 23.2. The van der Waals surface area contributed by atoms with Crippen LogP contribution >= 0.6 is 0 Å². The molecule has 0 spiro atoms. The minimum Gasteiger partial charge on any atom is -0.350 e. The predicted molar refractivity (Wildman–Crippen MR) is 131 cm³/mol. The van der Waals surface area contributed by atoms with Gasteiger partial charge < -0.3 is 15.2 Å². The Morgan fingerprint density at radius 3 is 2.59 bits per heavy atom. The summed E-state index contributed by atoms with van der Waals surface area (Å²) in [5.74, 6) is -0.656. The maximum atomic E-state index is 13.1. The summed E-state index contributed by atoms with van der Waals surface area (Å²) in [5.41, 5.74) is 3.84. The van der Waals surface area contributed by atoms with Crippen LogP contribution in [-0.4, -0.2) is 27.9 Å². The molecule has 0 aliphatic heterocycles. The maximum absolute atomic E-state index is 13.1. The normalized spacial score (nSPS) is 10.9. The quantitative estimate of drug-likeness (QED) is 0.380. The number of nitrogens with one attached hydrogen (secondary N) is 2. The van der Waals surface area contributed by atoms with E-state index >= 15 is 0 Å². The molecule has 0 aliphatic rings. The fraction of sp³-hybridized carbons (Fsp3) is 0.222. The second kappa shape index (κ2) is 10.7. The molecule has 0 bridgehead atoms. The van der Waals surface area contributed by atoms with Crippen molar-refractivity contribution in [2.75, 3.05) is 11.9 Å². The van der Waals surface area contributed by atoms with Gasteiger partial charge in [-0.05, 0) is 60.5 Å². The van der Waals surface area contributed by atoms with Crippen LogP contribution in [0.5, 0.6) is 0 Å². The molecule has 2 heterocycles. The van der Waals surface area contributed by atoms with Crippen LogP contribution < -0.4 is 10.6 Å². The molecule has 2 aromatic carbocycles. The highest BCUT2D eigenvalue weighted by atomic mass is 19.1. The van der Waals surface area contributed by atoms with Crippen LogP contribution in [0.2, 0.25) is 0 Å². The summed E-state index contributed by atoms with van der Waals surface area (Å²) in [7, 11) is 0. The van der Waals surface area contributed by atoms with Gasteiger partial charge in [-0.3, -0.25) is 14.6 Å². The van der Waals surface area contributed by atoms with Crippen molar-refractivity contribution in [2.45, 2.75) is 32.7 Å². The molecule has 4 rings (SSSR count). The first-order valence-electron chi connectivity index (χ1n) is 11.4. The summed E-state index contributed by atoms with van der Waals surface area (Å²) in [5, 5.41) is 6.76. The molecule has 0 fully saturated rings. The molecule has 7 heteroatoms. The number of fused-ring (bicyclic) bond motifs is 1. The Morgan fingerprint density at radius 2 is 1.85 bits per heavy atom. The zero-order valence-electron chi connectivity index (χ0n) is 19.1. The number of amides is 2. The Bertz CT molecular complexity index is 1280. The standard InChI is InChI=1S/C27H27FN4O2/c1-2-15-32-24-11-10-23(31-26(33)16-19-6-8-21(28)9-7-19)17-20(24)18-25(32)27(34)30-14-12-22-5-3-4-13-29-22/h3-11,13,17-18H,2,12,14-16H2,1H3,(H,30,34)(H,31,33). The van der Waals surface area contributed by atoms with Crippen LogP contribution in [0.1, 0.15) is 35.1 Å². The number of aromatic nitrogens is 2. The zero-order valence-corrected chi connectivity index (χ0v) is 19.1. The third-order valence-electron chi connectivity index (χ3n) is 5.54. The van der Waals surface area contributed by atoms with Crippen LogP contribution in [0.25, 0.3) is 10.9 Å². The van der Waals surface area contributed by atoms with Crippen LogP contribution in [-0.2, 0) is 24.2 Å². The molecule has 6 nitrogen and oxygen atoms in total. The number of carbonyl (C=O) groups excluding carboxylic acids is 2. The number of aryl methyl sites for hydroxylation is 1. The Hall–Kier alpha value is -4.00. The number of carbonyl (C=O) groups is 2. The second-order valence-corrected chi connectivity index (χ2v) is 8.13. The van der Waals surface area contributed by atoms with E-state index in [2.05, 4.69) is 22.5 Å². The summed E-state index contributed by atoms with van der Waals surface area (Å²) in [6, 6.07) is 19.1. The topological polar surface area (TPSA) is 76.0 Å². The van der Waals surface area contributed by atoms with Crippen molar-refractivity contribution >= 4 is 28.4 Å². The van der Waals surface area contributed by atoms with Gasteiger partial charge in [0.25, 0.3) is 5.91 Å². The highest BCUT2D eigenvalue weighted by Gasteiger charge is 2.16. The molecule has 0 radical (unpaired) electrons. The number of hydrogen-bond acceptors (Lipinski definition) is 3. The summed E-state index contributed by atoms with van der Waals surface area (Å²) in [6.07, 6.45) is 3.43. The minimum atomic E-state index is -0.331. The molecule has 2 aromatic heterocycles. The molecular formula is C27H27FN4O2. The summed E-state index contributed by atoms with van der Waals surface area (Å²) in [4.78, 5) is 29.7. The van der Waals surface area contributed by atoms with Crippen molar-refractivity contribution in [3.63, 3.8) is 0 Å². The van der Waals surface area contributed by atoms with Crippen LogP contribution in [0, 0.1) is 5.82 Å². The highest BCUT2D eigenvalue weighted by Crippen LogP contribution is 2.24. The molecule has 34 heavy (non-hydrogen) atoms. The second-order valence-electron chi connectivity index (χ2n) is 8.13. The van der Waals surface area contributed by atoms with Gasteiger partial charge in [-0.2, -0.15) is 0 Å².